The monoisotopic (exact) mass is 304 g/mol. The first-order valence-electron chi connectivity index (χ1n) is 8.10. The Morgan fingerprint density at radius 3 is 2.36 bits per heavy atom. The molecule has 2 fully saturated rings. The van der Waals surface area contributed by atoms with Gasteiger partial charge in [-0.05, 0) is 16.2 Å². The molecule has 2 aliphatic rings. The predicted molar refractivity (Wildman–Crippen MR) is 87.7 cm³/mol. The molecule has 22 heavy (non-hydrogen) atoms. The number of carbonyl (C=O) groups is 1. The van der Waals surface area contributed by atoms with Crippen molar-refractivity contribution in [1.29, 1.82) is 0 Å². The molecule has 1 aliphatic carbocycles. The lowest BCUT2D eigenvalue weighted by Crippen LogP contribution is -2.54. The fourth-order valence-corrected chi connectivity index (χ4v) is 4.18. The minimum absolute atomic E-state index is 0.0165. The quantitative estimate of drug-likeness (QED) is 0.899. The number of aromatic amines is 1. The Morgan fingerprint density at radius 2 is 1.86 bits per heavy atom. The van der Waals surface area contributed by atoms with Crippen LogP contribution in [0, 0.1) is 16.2 Å². The lowest BCUT2D eigenvalue weighted by molar-refractivity contribution is -0.120. The van der Waals surface area contributed by atoms with E-state index in [2.05, 4.69) is 62.0 Å². The number of carbonyl (C=O) groups excluding carboxylic acids is 1. The molecule has 3 rings (SSSR count). The molecule has 0 atom stereocenters. The molecule has 2 N–H and O–H groups in total. The maximum absolute atomic E-state index is 12.1. The van der Waals surface area contributed by atoms with Crippen LogP contribution in [0.2, 0.25) is 0 Å². The Balaban J connectivity index is 1.56. The van der Waals surface area contributed by atoms with E-state index < -0.39 is 0 Å². The Hall–Kier alpha value is -1.36. The summed E-state index contributed by atoms with van der Waals surface area (Å²) in [7, 11) is 0. The van der Waals surface area contributed by atoms with E-state index in [4.69, 9.17) is 0 Å². The summed E-state index contributed by atoms with van der Waals surface area (Å²) in [5, 5.41) is 10.3. The average Bonchev–Trinajstić information content (AvgIpc) is 2.64. The molecule has 122 valence electrons. The first-order valence-corrected chi connectivity index (χ1v) is 8.10. The Kier molecular flexibility index (Phi) is 3.23. The summed E-state index contributed by atoms with van der Waals surface area (Å²) in [6, 6.07) is 1.99. The van der Waals surface area contributed by atoms with Crippen molar-refractivity contribution in [3.05, 3.63) is 11.8 Å². The molecular formula is C17H28N4O. The van der Waals surface area contributed by atoms with E-state index in [1.165, 1.54) is 0 Å². The van der Waals surface area contributed by atoms with Crippen molar-refractivity contribution in [3.8, 4) is 0 Å². The van der Waals surface area contributed by atoms with Gasteiger partial charge in [-0.1, -0.05) is 41.5 Å². The van der Waals surface area contributed by atoms with E-state index in [9.17, 15) is 4.79 Å². The molecule has 0 unspecified atom stereocenters. The van der Waals surface area contributed by atoms with E-state index in [1.807, 2.05) is 6.07 Å². The highest BCUT2D eigenvalue weighted by atomic mass is 16.2. The van der Waals surface area contributed by atoms with Gasteiger partial charge in [0.2, 0.25) is 5.91 Å². The van der Waals surface area contributed by atoms with Gasteiger partial charge in [0.25, 0.3) is 0 Å². The van der Waals surface area contributed by atoms with Gasteiger partial charge in [-0.3, -0.25) is 14.8 Å². The number of likely N-dealkylation sites (tertiary alicyclic amines) is 1. The van der Waals surface area contributed by atoms with E-state index in [-0.39, 0.29) is 16.7 Å². The number of hydrogen-bond donors (Lipinski definition) is 2. The maximum Gasteiger partial charge on any atom is 0.239 e. The van der Waals surface area contributed by atoms with Crippen molar-refractivity contribution in [1.82, 2.24) is 15.1 Å². The van der Waals surface area contributed by atoms with E-state index in [0.717, 1.165) is 18.8 Å². The van der Waals surface area contributed by atoms with Crippen LogP contribution in [-0.4, -0.2) is 40.6 Å². The van der Waals surface area contributed by atoms with Crippen molar-refractivity contribution in [2.24, 2.45) is 16.2 Å². The van der Waals surface area contributed by atoms with Gasteiger partial charge < -0.3 is 5.32 Å². The van der Waals surface area contributed by atoms with Crippen molar-refractivity contribution in [3.63, 3.8) is 0 Å². The smallest absolute Gasteiger partial charge is 0.239 e. The molecule has 5 nitrogen and oxygen atoms in total. The predicted octanol–water partition coefficient (Wildman–Crippen LogP) is 2.84. The van der Waals surface area contributed by atoms with Gasteiger partial charge in [-0.2, -0.15) is 5.10 Å². The van der Waals surface area contributed by atoms with Gasteiger partial charge >= 0.3 is 0 Å². The van der Waals surface area contributed by atoms with E-state index in [0.29, 0.717) is 23.7 Å². The first kappa shape index (κ1) is 15.5. The Bertz CT molecular complexity index is 578. The van der Waals surface area contributed by atoms with Crippen molar-refractivity contribution in [2.75, 3.05) is 25.0 Å². The number of amides is 1. The zero-order valence-electron chi connectivity index (χ0n) is 14.6. The lowest BCUT2D eigenvalue weighted by atomic mass is 9.84. The van der Waals surface area contributed by atoms with Crippen LogP contribution < -0.4 is 5.32 Å². The van der Waals surface area contributed by atoms with Crippen LogP contribution in [0.4, 0.5) is 5.82 Å². The number of anilines is 1. The summed E-state index contributed by atoms with van der Waals surface area (Å²) in [6.45, 7) is 16.0. The fourth-order valence-electron chi connectivity index (χ4n) is 4.18. The molecule has 1 saturated carbocycles. The second-order valence-corrected chi connectivity index (χ2v) is 8.94. The summed E-state index contributed by atoms with van der Waals surface area (Å²) in [5.74, 6) is 1.12. The SMILES string of the molecule is CC1(C)CN(CC(=O)Nc2cc(C3C(C)(C)C3(C)C)[nH]n2)C1. The summed E-state index contributed by atoms with van der Waals surface area (Å²) < 4.78 is 0. The van der Waals surface area contributed by atoms with Gasteiger partial charge in [0.05, 0.1) is 6.54 Å². The number of nitrogens with zero attached hydrogens (tertiary/aromatic N) is 2. The molecule has 1 aromatic rings. The number of rotatable bonds is 4. The van der Waals surface area contributed by atoms with Crippen LogP contribution in [0.5, 0.6) is 0 Å². The molecule has 0 bridgehead atoms. The molecule has 1 aromatic heterocycles. The van der Waals surface area contributed by atoms with Crippen LogP contribution in [0.3, 0.4) is 0 Å². The highest BCUT2D eigenvalue weighted by molar-refractivity contribution is 5.91. The molecule has 5 heteroatoms. The second kappa shape index (κ2) is 4.57. The first-order chi connectivity index (χ1) is 10.0. The standard InChI is InChI=1S/C17H28N4O/c1-15(2)9-21(10-15)8-13(22)18-12-7-11(19-20-12)14-16(3,4)17(14,5)6/h7,14H,8-10H2,1-6H3,(H2,18,19,20,22). The number of H-pyrrole nitrogens is 1. The number of aromatic nitrogens is 2. The third-order valence-corrected chi connectivity index (χ3v) is 5.87. The fraction of sp³-hybridized carbons (Fsp3) is 0.765. The van der Waals surface area contributed by atoms with Crippen LogP contribution in [0.25, 0.3) is 0 Å². The maximum atomic E-state index is 12.1. The zero-order chi connectivity index (χ0) is 16.3. The highest BCUT2D eigenvalue weighted by Crippen LogP contribution is 2.73. The number of hydrogen-bond acceptors (Lipinski definition) is 3. The van der Waals surface area contributed by atoms with Gasteiger partial charge in [0.15, 0.2) is 5.82 Å². The topological polar surface area (TPSA) is 61.0 Å². The van der Waals surface area contributed by atoms with E-state index >= 15 is 0 Å². The molecule has 0 aromatic carbocycles. The van der Waals surface area contributed by atoms with Crippen molar-refractivity contribution < 1.29 is 4.79 Å². The molecular weight excluding hydrogens is 276 g/mol. The summed E-state index contributed by atoms with van der Waals surface area (Å²) in [4.78, 5) is 14.2. The summed E-state index contributed by atoms with van der Waals surface area (Å²) in [6.07, 6.45) is 0. The molecule has 1 aliphatic heterocycles. The van der Waals surface area contributed by atoms with Crippen LogP contribution in [0.15, 0.2) is 6.07 Å². The van der Waals surface area contributed by atoms with Crippen LogP contribution >= 0.6 is 0 Å². The van der Waals surface area contributed by atoms with E-state index in [1.54, 1.807) is 0 Å². The normalized spacial score (nSPS) is 25.5. The average molecular weight is 304 g/mol. The van der Waals surface area contributed by atoms with Gasteiger partial charge in [-0.25, -0.2) is 0 Å². The molecule has 2 heterocycles. The molecule has 0 spiro atoms. The van der Waals surface area contributed by atoms with Crippen LogP contribution in [-0.2, 0) is 4.79 Å². The molecule has 0 radical (unpaired) electrons. The third-order valence-electron chi connectivity index (χ3n) is 5.87. The van der Waals surface area contributed by atoms with Gasteiger partial charge in [0.1, 0.15) is 0 Å². The Labute approximate surface area is 132 Å². The largest absolute Gasteiger partial charge is 0.308 e. The summed E-state index contributed by atoms with van der Waals surface area (Å²) >= 11 is 0. The lowest BCUT2D eigenvalue weighted by Gasteiger charge is -2.45. The zero-order valence-corrected chi connectivity index (χ0v) is 14.6. The minimum atomic E-state index is 0.0165. The Morgan fingerprint density at radius 1 is 1.27 bits per heavy atom. The van der Waals surface area contributed by atoms with Gasteiger partial charge in [-0.15, -0.1) is 0 Å². The summed E-state index contributed by atoms with van der Waals surface area (Å²) in [5.41, 5.74) is 2.01. The van der Waals surface area contributed by atoms with Crippen LogP contribution in [0.1, 0.15) is 53.2 Å². The van der Waals surface area contributed by atoms with Crippen molar-refractivity contribution >= 4 is 11.7 Å². The molecule has 1 amide bonds. The highest BCUT2D eigenvalue weighted by Gasteiger charge is 2.65. The van der Waals surface area contributed by atoms with Gasteiger partial charge in [0, 0.05) is 30.8 Å². The third kappa shape index (κ3) is 2.45. The molecule has 1 saturated heterocycles. The number of nitrogens with one attached hydrogen (secondary N) is 2. The second-order valence-electron chi connectivity index (χ2n) is 8.94. The minimum Gasteiger partial charge on any atom is -0.308 e. The van der Waals surface area contributed by atoms with Crippen molar-refractivity contribution in [2.45, 2.75) is 47.5 Å².